The summed E-state index contributed by atoms with van der Waals surface area (Å²) in [5, 5.41) is 13.7. The smallest absolute Gasteiger partial charge is 0.269 e. The molecule has 104 valence electrons. The Hall–Kier alpha value is -2.40. The van der Waals surface area contributed by atoms with E-state index in [4.69, 9.17) is 4.74 Å². The van der Waals surface area contributed by atoms with Crippen LogP contribution in [0.5, 0.6) is 11.5 Å². The molecule has 5 heteroatoms. The standard InChI is InChI=1S/C15H16N2O3/c1-11(16-2)12-3-7-14(8-4-12)20-15-9-5-13(6-10-15)17(18)19/h3-11,16H,1-2H3. The number of ether oxygens (including phenoxy) is 1. The van der Waals surface area contributed by atoms with E-state index >= 15 is 0 Å². The normalized spacial score (nSPS) is 11.9. The van der Waals surface area contributed by atoms with Crippen LogP contribution in [-0.4, -0.2) is 12.0 Å². The summed E-state index contributed by atoms with van der Waals surface area (Å²) < 4.78 is 5.64. The molecular formula is C15H16N2O3. The average molecular weight is 272 g/mol. The van der Waals surface area contributed by atoms with Crippen molar-refractivity contribution in [2.45, 2.75) is 13.0 Å². The van der Waals surface area contributed by atoms with E-state index in [1.54, 1.807) is 12.1 Å². The molecule has 0 saturated heterocycles. The van der Waals surface area contributed by atoms with Gasteiger partial charge in [0.05, 0.1) is 4.92 Å². The van der Waals surface area contributed by atoms with Crippen molar-refractivity contribution >= 4 is 5.69 Å². The van der Waals surface area contributed by atoms with Crippen molar-refractivity contribution in [3.05, 3.63) is 64.2 Å². The van der Waals surface area contributed by atoms with Crippen LogP contribution < -0.4 is 10.1 Å². The van der Waals surface area contributed by atoms with Crippen molar-refractivity contribution in [2.75, 3.05) is 7.05 Å². The van der Waals surface area contributed by atoms with Gasteiger partial charge in [0.25, 0.3) is 5.69 Å². The Balaban J connectivity index is 2.08. The van der Waals surface area contributed by atoms with Crippen LogP contribution in [0.25, 0.3) is 0 Å². The molecule has 1 N–H and O–H groups in total. The monoisotopic (exact) mass is 272 g/mol. The van der Waals surface area contributed by atoms with Crippen LogP contribution in [0.15, 0.2) is 48.5 Å². The van der Waals surface area contributed by atoms with Gasteiger partial charge in [0.15, 0.2) is 0 Å². The molecule has 0 radical (unpaired) electrons. The van der Waals surface area contributed by atoms with Crippen molar-refractivity contribution in [1.82, 2.24) is 5.32 Å². The number of nitro benzene ring substituents is 1. The van der Waals surface area contributed by atoms with Crippen molar-refractivity contribution in [3.8, 4) is 11.5 Å². The lowest BCUT2D eigenvalue weighted by atomic mass is 10.1. The Bertz CT molecular complexity index is 579. The second-order valence-electron chi connectivity index (χ2n) is 4.43. The van der Waals surface area contributed by atoms with E-state index in [2.05, 4.69) is 12.2 Å². The van der Waals surface area contributed by atoms with Gasteiger partial charge in [-0.3, -0.25) is 10.1 Å². The fourth-order valence-electron chi connectivity index (χ4n) is 1.76. The van der Waals surface area contributed by atoms with Crippen molar-refractivity contribution < 1.29 is 9.66 Å². The third-order valence-corrected chi connectivity index (χ3v) is 3.10. The molecule has 0 amide bonds. The van der Waals surface area contributed by atoms with E-state index in [1.165, 1.54) is 17.7 Å². The lowest BCUT2D eigenvalue weighted by molar-refractivity contribution is -0.384. The van der Waals surface area contributed by atoms with Gasteiger partial charge in [-0.2, -0.15) is 0 Å². The van der Waals surface area contributed by atoms with E-state index in [1.807, 2.05) is 31.3 Å². The van der Waals surface area contributed by atoms with Gasteiger partial charge in [-0.15, -0.1) is 0 Å². The second kappa shape index (κ2) is 6.16. The molecule has 0 aliphatic rings. The van der Waals surface area contributed by atoms with Gasteiger partial charge >= 0.3 is 0 Å². The van der Waals surface area contributed by atoms with Crippen LogP contribution in [0.4, 0.5) is 5.69 Å². The largest absolute Gasteiger partial charge is 0.457 e. The SMILES string of the molecule is CNC(C)c1ccc(Oc2ccc([N+](=O)[O-])cc2)cc1. The van der Waals surface area contributed by atoms with Gasteiger partial charge in [-0.25, -0.2) is 0 Å². The molecule has 1 unspecified atom stereocenters. The van der Waals surface area contributed by atoms with Gasteiger partial charge in [0.2, 0.25) is 0 Å². The van der Waals surface area contributed by atoms with Crippen molar-refractivity contribution in [3.63, 3.8) is 0 Å². The van der Waals surface area contributed by atoms with Crippen LogP contribution in [0.2, 0.25) is 0 Å². The number of benzene rings is 2. The predicted molar refractivity (Wildman–Crippen MR) is 77.1 cm³/mol. The highest BCUT2D eigenvalue weighted by molar-refractivity contribution is 5.39. The van der Waals surface area contributed by atoms with E-state index in [0.717, 1.165) is 0 Å². The fraction of sp³-hybridized carbons (Fsp3) is 0.200. The lowest BCUT2D eigenvalue weighted by Crippen LogP contribution is -2.11. The molecule has 5 nitrogen and oxygen atoms in total. The maximum absolute atomic E-state index is 10.6. The zero-order chi connectivity index (χ0) is 14.5. The summed E-state index contributed by atoms with van der Waals surface area (Å²) in [5.41, 5.74) is 1.22. The second-order valence-corrected chi connectivity index (χ2v) is 4.43. The van der Waals surface area contributed by atoms with E-state index in [-0.39, 0.29) is 11.7 Å². The first-order valence-electron chi connectivity index (χ1n) is 6.29. The highest BCUT2D eigenvalue weighted by Gasteiger charge is 2.06. The molecule has 0 heterocycles. The fourth-order valence-corrected chi connectivity index (χ4v) is 1.76. The van der Waals surface area contributed by atoms with Crippen LogP contribution in [-0.2, 0) is 0 Å². The number of hydrogen-bond acceptors (Lipinski definition) is 4. The minimum absolute atomic E-state index is 0.0514. The number of hydrogen-bond donors (Lipinski definition) is 1. The molecule has 0 spiro atoms. The lowest BCUT2D eigenvalue weighted by Gasteiger charge is -2.11. The van der Waals surface area contributed by atoms with E-state index in [0.29, 0.717) is 11.5 Å². The summed E-state index contributed by atoms with van der Waals surface area (Å²) in [5.74, 6) is 1.27. The van der Waals surface area contributed by atoms with Gasteiger partial charge in [0.1, 0.15) is 11.5 Å². The summed E-state index contributed by atoms with van der Waals surface area (Å²) in [6.07, 6.45) is 0. The number of rotatable bonds is 5. The van der Waals surface area contributed by atoms with Crippen LogP contribution in [0.1, 0.15) is 18.5 Å². The average Bonchev–Trinajstić information content (AvgIpc) is 2.48. The Morgan fingerprint density at radius 1 is 1.05 bits per heavy atom. The van der Waals surface area contributed by atoms with Crippen molar-refractivity contribution in [1.29, 1.82) is 0 Å². The molecule has 1 atom stereocenters. The van der Waals surface area contributed by atoms with Crippen molar-refractivity contribution in [2.24, 2.45) is 0 Å². The molecular weight excluding hydrogens is 256 g/mol. The van der Waals surface area contributed by atoms with E-state index < -0.39 is 4.92 Å². The van der Waals surface area contributed by atoms with E-state index in [9.17, 15) is 10.1 Å². The summed E-state index contributed by atoms with van der Waals surface area (Å²) in [6, 6.07) is 14.0. The molecule has 0 bridgehead atoms. The number of non-ortho nitro benzene ring substituents is 1. The van der Waals surface area contributed by atoms with Crippen LogP contribution in [0.3, 0.4) is 0 Å². The third kappa shape index (κ3) is 3.33. The molecule has 0 aromatic heterocycles. The van der Waals surface area contributed by atoms with Crippen LogP contribution in [0, 0.1) is 10.1 Å². The third-order valence-electron chi connectivity index (χ3n) is 3.10. The van der Waals surface area contributed by atoms with Gasteiger partial charge < -0.3 is 10.1 Å². The minimum Gasteiger partial charge on any atom is -0.457 e. The molecule has 0 aliphatic heterocycles. The maximum Gasteiger partial charge on any atom is 0.269 e. The molecule has 0 aliphatic carbocycles. The minimum atomic E-state index is -0.433. The Kier molecular flexibility index (Phi) is 4.32. The highest BCUT2D eigenvalue weighted by Crippen LogP contribution is 2.25. The summed E-state index contributed by atoms with van der Waals surface area (Å²) in [7, 11) is 1.91. The maximum atomic E-state index is 10.6. The Morgan fingerprint density at radius 2 is 1.55 bits per heavy atom. The topological polar surface area (TPSA) is 64.4 Å². The van der Waals surface area contributed by atoms with Crippen LogP contribution >= 0.6 is 0 Å². The molecule has 2 aromatic rings. The molecule has 0 fully saturated rings. The molecule has 2 rings (SSSR count). The van der Waals surface area contributed by atoms with Gasteiger partial charge in [0, 0.05) is 18.2 Å². The first-order chi connectivity index (χ1) is 9.60. The predicted octanol–water partition coefficient (Wildman–Crippen LogP) is 3.67. The molecule has 20 heavy (non-hydrogen) atoms. The number of nitrogens with one attached hydrogen (secondary N) is 1. The van der Waals surface area contributed by atoms with Gasteiger partial charge in [-0.1, -0.05) is 12.1 Å². The zero-order valence-electron chi connectivity index (χ0n) is 11.4. The Labute approximate surface area is 117 Å². The highest BCUT2D eigenvalue weighted by atomic mass is 16.6. The molecule has 2 aromatic carbocycles. The number of nitro groups is 1. The number of nitrogens with zero attached hydrogens (tertiary/aromatic N) is 1. The summed E-state index contributed by atoms with van der Waals surface area (Å²) >= 11 is 0. The first-order valence-corrected chi connectivity index (χ1v) is 6.29. The molecule has 0 saturated carbocycles. The summed E-state index contributed by atoms with van der Waals surface area (Å²) in [6.45, 7) is 2.08. The van der Waals surface area contributed by atoms with Gasteiger partial charge in [-0.05, 0) is 43.8 Å². The Morgan fingerprint density at radius 3 is 2.00 bits per heavy atom. The first kappa shape index (κ1) is 14.0. The zero-order valence-corrected chi connectivity index (χ0v) is 11.4. The quantitative estimate of drug-likeness (QED) is 0.666. The summed E-state index contributed by atoms with van der Waals surface area (Å²) in [4.78, 5) is 10.1.